The number of nitrogens with zero attached hydrogens (tertiary/aromatic N) is 1. The molecule has 1 N–H and O–H groups in total. The van der Waals surface area contributed by atoms with Gasteiger partial charge in [-0.15, -0.1) is 0 Å². The number of sulfonamides is 1. The smallest absolute Gasteiger partial charge is 0.340 e. The minimum atomic E-state index is -3.75. The van der Waals surface area contributed by atoms with Crippen LogP contribution in [0.1, 0.15) is 41.8 Å². The number of hydrogen-bond acceptors (Lipinski definition) is 5. The highest BCUT2D eigenvalue weighted by molar-refractivity contribution is 7.92. The minimum absolute atomic E-state index is 0.202. The van der Waals surface area contributed by atoms with Crippen LogP contribution in [0.2, 0.25) is 0 Å². The molecule has 0 radical (unpaired) electrons. The molecule has 0 heterocycles. The quantitative estimate of drug-likeness (QED) is 0.643. The van der Waals surface area contributed by atoms with Gasteiger partial charge in [0.05, 0.1) is 29.8 Å². The monoisotopic (exact) mass is 432 g/mol. The summed E-state index contributed by atoms with van der Waals surface area (Å²) in [5, 5.41) is 2.71. The summed E-state index contributed by atoms with van der Waals surface area (Å²) < 4.78 is 31.5. The lowest BCUT2D eigenvalue weighted by Gasteiger charge is -2.30. The molecule has 0 aromatic heterocycles. The van der Waals surface area contributed by atoms with Gasteiger partial charge in [0, 0.05) is 0 Å². The van der Waals surface area contributed by atoms with Crippen LogP contribution in [-0.2, 0) is 19.6 Å². The number of esters is 1. The number of nitrogens with one attached hydrogen (secondary N) is 1. The molecule has 0 spiro atoms. The van der Waals surface area contributed by atoms with Crippen molar-refractivity contribution in [1.82, 2.24) is 0 Å². The van der Waals surface area contributed by atoms with Gasteiger partial charge in [-0.2, -0.15) is 0 Å². The molecule has 2 rings (SSSR count). The normalized spacial score (nSPS) is 12.2. The highest BCUT2D eigenvalue weighted by Crippen LogP contribution is 2.26. The molecule has 0 saturated heterocycles. The van der Waals surface area contributed by atoms with Gasteiger partial charge in [0.15, 0.2) is 0 Å². The maximum absolute atomic E-state index is 13.1. The van der Waals surface area contributed by atoms with Gasteiger partial charge in [0.2, 0.25) is 15.9 Å². The van der Waals surface area contributed by atoms with Gasteiger partial charge >= 0.3 is 5.97 Å². The highest BCUT2D eigenvalue weighted by Gasteiger charge is 2.32. The van der Waals surface area contributed by atoms with Gasteiger partial charge in [0.1, 0.15) is 6.04 Å². The number of carbonyl (C=O) groups excluding carboxylic acids is 2. The second kappa shape index (κ2) is 9.75. The van der Waals surface area contributed by atoms with Crippen LogP contribution in [0.15, 0.2) is 42.5 Å². The number of carbonyl (C=O) groups is 2. The van der Waals surface area contributed by atoms with Gasteiger partial charge in [-0.25, -0.2) is 13.2 Å². The van der Waals surface area contributed by atoms with E-state index in [9.17, 15) is 18.0 Å². The lowest BCUT2D eigenvalue weighted by atomic mass is 10.1. The van der Waals surface area contributed by atoms with E-state index in [1.54, 1.807) is 50.2 Å². The molecule has 0 aliphatic carbocycles. The maximum atomic E-state index is 13.1. The summed E-state index contributed by atoms with van der Waals surface area (Å²) in [7, 11) is -3.75. The Kier molecular flexibility index (Phi) is 7.61. The van der Waals surface area contributed by atoms with Gasteiger partial charge < -0.3 is 10.1 Å². The number of anilines is 2. The summed E-state index contributed by atoms with van der Waals surface area (Å²) in [6, 6.07) is 10.9. The number of aryl methyl sites for hydroxylation is 2. The molecule has 1 amide bonds. The first-order valence-corrected chi connectivity index (χ1v) is 11.6. The largest absolute Gasteiger partial charge is 0.462 e. The molecule has 1 atom stereocenters. The summed E-state index contributed by atoms with van der Waals surface area (Å²) in [6.07, 6.45) is 1.32. The fraction of sp³-hybridized carbons (Fsp3) is 0.364. The van der Waals surface area contributed by atoms with Crippen LogP contribution in [0.5, 0.6) is 0 Å². The second-order valence-corrected chi connectivity index (χ2v) is 8.94. The van der Waals surface area contributed by atoms with Crippen molar-refractivity contribution in [3.8, 4) is 0 Å². The van der Waals surface area contributed by atoms with Crippen molar-refractivity contribution in [2.75, 3.05) is 22.5 Å². The Morgan fingerprint density at radius 3 is 2.20 bits per heavy atom. The lowest BCUT2D eigenvalue weighted by molar-refractivity contribution is -0.117. The third kappa shape index (κ3) is 5.60. The Balaban J connectivity index is 2.44. The van der Waals surface area contributed by atoms with Crippen LogP contribution in [-0.4, -0.2) is 39.2 Å². The van der Waals surface area contributed by atoms with Crippen molar-refractivity contribution in [3.05, 3.63) is 59.2 Å². The van der Waals surface area contributed by atoms with E-state index in [0.29, 0.717) is 5.69 Å². The van der Waals surface area contributed by atoms with Crippen molar-refractivity contribution in [3.63, 3.8) is 0 Å². The molecule has 0 unspecified atom stereocenters. The summed E-state index contributed by atoms with van der Waals surface area (Å²) >= 11 is 0. The van der Waals surface area contributed by atoms with Crippen LogP contribution in [0.4, 0.5) is 11.4 Å². The van der Waals surface area contributed by atoms with Crippen molar-refractivity contribution in [2.45, 2.75) is 40.2 Å². The SMILES string of the molecule is CCOC(=O)c1ccccc1NC(=O)[C@@H](CC)N(c1cc(C)cc(C)c1)S(C)(=O)=O. The van der Waals surface area contributed by atoms with Crippen molar-refractivity contribution in [1.29, 1.82) is 0 Å². The van der Waals surface area contributed by atoms with E-state index < -0.39 is 27.9 Å². The van der Waals surface area contributed by atoms with Crippen molar-refractivity contribution < 1.29 is 22.7 Å². The minimum Gasteiger partial charge on any atom is -0.462 e. The first-order chi connectivity index (χ1) is 14.1. The Morgan fingerprint density at radius 2 is 1.67 bits per heavy atom. The van der Waals surface area contributed by atoms with Gasteiger partial charge in [-0.1, -0.05) is 25.1 Å². The maximum Gasteiger partial charge on any atom is 0.340 e. The molecule has 0 fully saturated rings. The fourth-order valence-electron chi connectivity index (χ4n) is 3.33. The number of rotatable bonds is 8. The molecule has 2 aromatic carbocycles. The van der Waals surface area contributed by atoms with E-state index in [-0.39, 0.29) is 24.3 Å². The predicted molar refractivity (Wildman–Crippen MR) is 118 cm³/mol. The number of amides is 1. The number of ether oxygens (including phenoxy) is 1. The van der Waals surface area contributed by atoms with E-state index in [1.165, 1.54) is 0 Å². The molecule has 7 nitrogen and oxygen atoms in total. The van der Waals surface area contributed by atoms with Crippen LogP contribution < -0.4 is 9.62 Å². The first-order valence-electron chi connectivity index (χ1n) is 9.73. The molecule has 0 bridgehead atoms. The number of para-hydroxylation sites is 1. The average molecular weight is 433 g/mol. The standard InChI is InChI=1S/C22H28N2O5S/c1-6-20(24(30(5,27)28)17-13-15(3)12-16(4)14-17)21(25)23-19-11-9-8-10-18(19)22(26)29-7-2/h8-14,20H,6-7H2,1-5H3,(H,23,25)/t20-/m1/s1. The number of benzene rings is 2. The van der Waals surface area contributed by atoms with E-state index in [0.717, 1.165) is 21.7 Å². The van der Waals surface area contributed by atoms with Crippen LogP contribution in [0, 0.1) is 13.8 Å². The second-order valence-electron chi connectivity index (χ2n) is 7.08. The third-order valence-corrected chi connectivity index (χ3v) is 5.65. The predicted octanol–water partition coefficient (Wildman–Crippen LogP) is 3.66. The molecular formula is C22H28N2O5S. The van der Waals surface area contributed by atoms with Gasteiger partial charge in [-0.3, -0.25) is 9.10 Å². The Morgan fingerprint density at radius 1 is 1.07 bits per heavy atom. The molecule has 162 valence electrons. The Hall–Kier alpha value is -2.87. The van der Waals surface area contributed by atoms with E-state index in [2.05, 4.69) is 5.32 Å². The summed E-state index contributed by atoms with van der Waals surface area (Å²) in [4.78, 5) is 25.3. The molecule has 30 heavy (non-hydrogen) atoms. The van der Waals surface area contributed by atoms with Gasteiger partial charge in [-0.05, 0) is 62.6 Å². The molecule has 8 heteroatoms. The molecule has 2 aromatic rings. The molecule has 0 aliphatic rings. The van der Waals surface area contributed by atoms with Crippen molar-refractivity contribution in [2.24, 2.45) is 0 Å². The zero-order chi connectivity index (χ0) is 22.5. The molecule has 0 saturated carbocycles. The highest BCUT2D eigenvalue weighted by atomic mass is 32.2. The molecular weight excluding hydrogens is 404 g/mol. The van der Waals surface area contributed by atoms with Crippen molar-refractivity contribution >= 4 is 33.3 Å². The molecule has 0 aliphatic heterocycles. The summed E-state index contributed by atoms with van der Waals surface area (Å²) in [6.45, 7) is 7.37. The third-order valence-electron chi connectivity index (χ3n) is 4.47. The van der Waals surface area contributed by atoms with Crippen LogP contribution in [0.3, 0.4) is 0 Å². The van der Waals surface area contributed by atoms with Crippen LogP contribution >= 0.6 is 0 Å². The van der Waals surface area contributed by atoms with E-state index >= 15 is 0 Å². The number of hydrogen-bond donors (Lipinski definition) is 1. The van der Waals surface area contributed by atoms with E-state index in [4.69, 9.17) is 4.74 Å². The first kappa shape index (κ1) is 23.4. The van der Waals surface area contributed by atoms with Crippen LogP contribution in [0.25, 0.3) is 0 Å². The Labute approximate surface area is 178 Å². The Bertz CT molecular complexity index is 1010. The zero-order valence-corrected chi connectivity index (χ0v) is 18.7. The average Bonchev–Trinajstić information content (AvgIpc) is 2.64. The topological polar surface area (TPSA) is 92.8 Å². The fourth-order valence-corrected chi connectivity index (χ4v) is 4.53. The summed E-state index contributed by atoms with van der Waals surface area (Å²) in [5.41, 5.74) is 2.69. The summed E-state index contributed by atoms with van der Waals surface area (Å²) in [5.74, 6) is -1.09. The van der Waals surface area contributed by atoms with E-state index in [1.807, 2.05) is 19.9 Å². The zero-order valence-electron chi connectivity index (χ0n) is 17.9. The van der Waals surface area contributed by atoms with Gasteiger partial charge in [0.25, 0.3) is 0 Å². The lowest BCUT2D eigenvalue weighted by Crippen LogP contribution is -2.47.